The van der Waals surface area contributed by atoms with Crippen molar-refractivity contribution in [2.45, 2.75) is 37.9 Å². The number of rotatable bonds is 10. The predicted octanol–water partition coefficient (Wildman–Crippen LogP) is 2.38. The second kappa shape index (κ2) is 9.55. The Bertz CT molecular complexity index is 472. The Morgan fingerprint density at radius 1 is 1.29 bits per heavy atom. The Morgan fingerprint density at radius 2 is 1.95 bits per heavy atom. The molecule has 0 heterocycles. The van der Waals surface area contributed by atoms with Crippen LogP contribution in [0.2, 0.25) is 5.32 Å². The standard InChI is InChI=1S/C15H23O4PSe/c1-2-3-7-13(10-14(16)11-20(17,18)19)12-21-15-8-5-4-6-9-15/h4-6,8-9,13H,2-3,7,10-12H2,1H3,(H2,17,18,19). The molecule has 2 N–H and O–H groups in total. The third-order valence-corrected chi connectivity index (χ3v) is 6.47. The van der Waals surface area contributed by atoms with Crippen LogP contribution in [0.25, 0.3) is 0 Å². The molecule has 0 aliphatic heterocycles. The third kappa shape index (κ3) is 9.23. The summed E-state index contributed by atoms with van der Waals surface area (Å²) in [4.78, 5) is 29.5. The molecule has 21 heavy (non-hydrogen) atoms. The van der Waals surface area contributed by atoms with Gasteiger partial charge in [-0.25, -0.2) is 0 Å². The molecule has 0 radical (unpaired) electrons. The molecule has 1 unspecified atom stereocenters. The van der Waals surface area contributed by atoms with E-state index in [9.17, 15) is 9.36 Å². The van der Waals surface area contributed by atoms with Crippen LogP contribution in [0.15, 0.2) is 30.3 Å². The number of ketones is 1. The second-order valence-corrected chi connectivity index (χ2v) is 9.14. The van der Waals surface area contributed by atoms with Crippen LogP contribution in [0.5, 0.6) is 0 Å². The van der Waals surface area contributed by atoms with Gasteiger partial charge in [-0.2, -0.15) is 0 Å². The molecule has 0 aromatic heterocycles. The van der Waals surface area contributed by atoms with E-state index in [1.54, 1.807) is 0 Å². The fraction of sp³-hybridized carbons (Fsp3) is 0.533. The van der Waals surface area contributed by atoms with Crippen molar-refractivity contribution in [1.29, 1.82) is 0 Å². The van der Waals surface area contributed by atoms with E-state index in [4.69, 9.17) is 9.79 Å². The Morgan fingerprint density at radius 3 is 2.52 bits per heavy atom. The summed E-state index contributed by atoms with van der Waals surface area (Å²) in [7, 11) is -4.23. The summed E-state index contributed by atoms with van der Waals surface area (Å²) in [5, 5.41) is 0.948. The molecule has 1 atom stereocenters. The zero-order valence-electron chi connectivity index (χ0n) is 12.3. The Kier molecular flexibility index (Phi) is 8.46. The number of unbranched alkanes of at least 4 members (excludes halogenated alkanes) is 1. The van der Waals surface area contributed by atoms with Crippen molar-refractivity contribution < 1.29 is 19.1 Å². The van der Waals surface area contributed by atoms with Gasteiger partial charge in [-0.15, -0.1) is 0 Å². The van der Waals surface area contributed by atoms with E-state index < -0.39 is 13.8 Å². The van der Waals surface area contributed by atoms with Gasteiger partial charge in [0.1, 0.15) is 0 Å². The normalized spacial score (nSPS) is 13.1. The van der Waals surface area contributed by atoms with Crippen LogP contribution in [0.4, 0.5) is 0 Å². The Hall–Kier alpha value is -0.441. The molecule has 0 aliphatic rings. The zero-order chi connectivity index (χ0) is 15.7. The minimum atomic E-state index is -4.23. The molecule has 6 heteroatoms. The van der Waals surface area contributed by atoms with E-state index in [1.807, 2.05) is 18.2 Å². The SMILES string of the molecule is CCCCC(C[Se]c1ccccc1)CC(=O)CP(=O)(O)O. The van der Waals surface area contributed by atoms with Crippen LogP contribution < -0.4 is 4.46 Å². The van der Waals surface area contributed by atoms with Crippen LogP contribution in [0.3, 0.4) is 0 Å². The van der Waals surface area contributed by atoms with E-state index in [0.717, 1.165) is 24.6 Å². The van der Waals surface area contributed by atoms with Crippen LogP contribution in [-0.4, -0.2) is 36.7 Å². The minimum absolute atomic E-state index is 0.240. The molecular weight excluding hydrogens is 354 g/mol. The molecule has 4 nitrogen and oxygen atoms in total. The van der Waals surface area contributed by atoms with E-state index in [2.05, 4.69) is 19.1 Å². The topological polar surface area (TPSA) is 74.6 Å². The molecular formula is C15H23O4PSe. The Labute approximate surface area is 132 Å². The van der Waals surface area contributed by atoms with E-state index in [-0.39, 0.29) is 11.7 Å². The predicted molar refractivity (Wildman–Crippen MR) is 86.2 cm³/mol. The molecule has 1 aromatic rings. The summed E-state index contributed by atoms with van der Waals surface area (Å²) in [6.07, 6.45) is 2.76. The molecule has 0 spiro atoms. The fourth-order valence-electron chi connectivity index (χ4n) is 2.08. The molecule has 0 fully saturated rings. The number of carbonyl (C=O) groups is 1. The quantitative estimate of drug-likeness (QED) is 0.485. The first-order valence-electron chi connectivity index (χ1n) is 7.15. The Balaban J connectivity index is 2.50. The van der Waals surface area contributed by atoms with Crippen LogP contribution in [-0.2, 0) is 9.36 Å². The molecule has 118 valence electrons. The summed E-state index contributed by atoms with van der Waals surface area (Å²) in [5.74, 6) is -0.0718. The van der Waals surface area contributed by atoms with Gasteiger partial charge in [-0.1, -0.05) is 0 Å². The van der Waals surface area contributed by atoms with Crippen LogP contribution in [0, 0.1) is 5.92 Å². The van der Waals surface area contributed by atoms with E-state index >= 15 is 0 Å². The van der Waals surface area contributed by atoms with Crippen LogP contribution >= 0.6 is 7.60 Å². The zero-order valence-corrected chi connectivity index (χ0v) is 14.9. The van der Waals surface area contributed by atoms with Crippen molar-refractivity contribution in [1.82, 2.24) is 0 Å². The van der Waals surface area contributed by atoms with Crippen molar-refractivity contribution in [2.24, 2.45) is 5.92 Å². The molecule has 0 bridgehead atoms. The third-order valence-electron chi connectivity index (χ3n) is 3.09. The average molecular weight is 377 g/mol. The van der Waals surface area contributed by atoms with E-state index in [0.29, 0.717) is 21.4 Å². The average Bonchev–Trinajstić information content (AvgIpc) is 2.41. The van der Waals surface area contributed by atoms with Gasteiger partial charge in [0.15, 0.2) is 0 Å². The van der Waals surface area contributed by atoms with Gasteiger partial charge < -0.3 is 0 Å². The summed E-state index contributed by atoms with van der Waals surface area (Å²) in [5.41, 5.74) is 0. The summed E-state index contributed by atoms with van der Waals surface area (Å²) < 4.78 is 12.2. The maximum absolute atomic E-state index is 11.8. The number of hydrogen-bond donors (Lipinski definition) is 2. The molecule has 1 aromatic carbocycles. The second-order valence-electron chi connectivity index (χ2n) is 5.20. The van der Waals surface area contributed by atoms with Gasteiger partial charge >= 0.3 is 132 Å². The van der Waals surface area contributed by atoms with Crippen molar-refractivity contribution in [3.05, 3.63) is 30.3 Å². The van der Waals surface area contributed by atoms with Gasteiger partial charge in [-0.05, 0) is 0 Å². The number of carbonyl (C=O) groups excluding carboxylic acids is 1. The first-order chi connectivity index (χ1) is 9.90. The van der Waals surface area contributed by atoms with Gasteiger partial charge in [-0.3, -0.25) is 0 Å². The number of benzene rings is 1. The number of hydrogen-bond acceptors (Lipinski definition) is 2. The van der Waals surface area contributed by atoms with Crippen molar-refractivity contribution in [3.8, 4) is 0 Å². The van der Waals surface area contributed by atoms with Crippen molar-refractivity contribution >= 4 is 32.8 Å². The summed E-state index contributed by atoms with van der Waals surface area (Å²) in [6.45, 7) is 2.11. The summed E-state index contributed by atoms with van der Waals surface area (Å²) in [6, 6.07) is 10.2. The van der Waals surface area contributed by atoms with Gasteiger partial charge in [0.25, 0.3) is 0 Å². The van der Waals surface area contributed by atoms with Gasteiger partial charge in [0.2, 0.25) is 0 Å². The van der Waals surface area contributed by atoms with Crippen LogP contribution in [0.1, 0.15) is 32.6 Å². The number of Topliss-reactive ketones (excluding diaryl/α,β-unsaturated/α-hetero) is 1. The molecule has 0 aliphatic carbocycles. The first-order valence-corrected chi connectivity index (χ1v) is 11.0. The molecule has 0 saturated carbocycles. The van der Waals surface area contributed by atoms with Gasteiger partial charge in [0.05, 0.1) is 0 Å². The first kappa shape index (κ1) is 18.6. The molecule has 1 rings (SSSR count). The van der Waals surface area contributed by atoms with E-state index in [1.165, 1.54) is 4.46 Å². The maximum atomic E-state index is 11.8. The summed E-state index contributed by atoms with van der Waals surface area (Å²) >= 11 is 0.308. The fourth-order valence-corrected chi connectivity index (χ4v) is 4.90. The molecule has 0 saturated heterocycles. The monoisotopic (exact) mass is 378 g/mol. The molecule has 0 amide bonds. The van der Waals surface area contributed by atoms with Crippen molar-refractivity contribution in [2.75, 3.05) is 6.16 Å². The van der Waals surface area contributed by atoms with Gasteiger partial charge in [0, 0.05) is 0 Å². The van der Waals surface area contributed by atoms with Crippen molar-refractivity contribution in [3.63, 3.8) is 0 Å².